The van der Waals surface area contributed by atoms with Gasteiger partial charge in [-0.25, -0.2) is 0 Å². The lowest BCUT2D eigenvalue weighted by molar-refractivity contribution is -0.149. The summed E-state index contributed by atoms with van der Waals surface area (Å²) in [5.41, 5.74) is 0. The molecular weight excluding hydrogens is 180 g/mol. The van der Waals surface area contributed by atoms with Crippen molar-refractivity contribution < 1.29 is 29.6 Å². The van der Waals surface area contributed by atoms with Gasteiger partial charge in [-0.2, -0.15) is 0 Å². The molecule has 0 unspecified atom stereocenters. The Balaban J connectivity index is 3.87. The lowest BCUT2D eigenvalue weighted by Gasteiger charge is -2.18. The zero-order valence-electron chi connectivity index (χ0n) is 7.08. The summed E-state index contributed by atoms with van der Waals surface area (Å²) >= 11 is 0. The van der Waals surface area contributed by atoms with E-state index in [-0.39, 0.29) is 6.29 Å². The molecule has 0 aliphatic carbocycles. The summed E-state index contributed by atoms with van der Waals surface area (Å²) in [6, 6.07) is 0. The van der Waals surface area contributed by atoms with Crippen LogP contribution in [0.5, 0.6) is 0 Å². The van der Waals surface area contributed by atoms with Gasteiger partial charge in [-0.15, -0.1) is 0 Å². The number of esters is 1. The maximum Gasteiger partial charge on any atom is 0.302 e. The molecule has 3 N–H and O–H groups in total. The van der Waals surface area contributed by atoms with E-state index in [0.717, 1.165) is 6.92 Å². The topological polar surface area (TPSA) is 104 Å². The Morgan fingerprint density at radius 3 is 2.38 bits per heavy atom. The van der Waals surface area contributed by atoms with Crippen LogP contribution < -0.4 is 0 Å². The van der Waals surface area contributed by atoms with Crippen LogP contribution in [0.25, 0.3) is 0 Å². The molecule has 0 radical (unpaired) electrons. The highest BCUT2D eigenvalue weighted by Gasteiger charge is 2.24. The summed E-state index contributed by atoms with van der Waals surface area (Å²) in [7, 11) is 0. The molecule has 0 spiro atoms. The summed E-state index contributed by atoms with van der Waals surface area (Å²) in [5.74, 6) is -0.619. The first-order chi connectivity index (χ1) is 5.99. The molecule has 0 heterocycles. The predicted molar refractivity (Wildman–Crippen MR) is 40.7 cm³/mol. The SMILES string of the molecule is CC(=O)OC[C@@H](O)[C@@H](O)[C@H](O)C=O. The molecule has 0 fully saturated rings. The van der Waals surface area contributed by atoms with Crippen molar-refractivity contribution in [1.29, 1.82) is 0 Å². The van der Waals surface area contributed by atoms with Gasteiger partial charge < -0.3 is 24.9 Å². The quantitative estimate of drug-likeness (QED) is 0.338. The molecule has 0 aliphatic rings. The third-order valence-corrected chi connectivity index (χ3v) is 1.34. The molecule has 0 rings (SSSR count). The van der Waals surface area contributed by atoms with Crippen molar-refractivity contribution in [3.05, 3.63) is 0 Å². The number of ether oxygens (including phenoxy) is 1. The van der Waals surface area contributed by atoms with Gasteiger partial charge in [0.25, 0.3) is 0 Å². The van der Waals surface area contributed by atoms with Crippen LogP contribution in [0.15, 0.2) is 0 Å². The Labute approximate surface area is 74.7 Å². The first-order valence-corrected chi connectivity index (χ1v) is 3.62. The van der Waals surface area contributed by atoms with Crippen LogP contribution in [0.3, 0.4) is 0 Å². The second kappa shape index (κ2) is 5.63. The third kappa shape index (κ3) is 4.56. The predicted octanol–water partition coefficient (Wildman–Crippen LogP) is -2.17. The highest BCUT2D eigenvalue weighted by atomic mass is 16.5. The van der Waals surface area contributed by atoms with Crippen LogP contribution in [0, 0.1) is 0 Å². The minimum absolute atomic E-state index is 0.0850. The van der Waals surface area contributed by atoms with Gasteiger partial charge in [-0.05, 0) is 0 Å². The van der Waals surface area contributed by atoms with Gasteiger partial charge in [0, 0.05) is 6.92 Å². The number of hydrogen-bond acceptors (Lipinski definition) is 6. The van der Waals surface area contributed by atoms with E-state index in [9.17, 15) is 9.59 Å². The summed E-state index contributed by atoms with van der Waals surface area (Å²) in [4.78, 5) is 20.2. The minimum Gasteiger partial charge on any atom is -0.463 e. The van der Waals surface area contributed by atoms with E-state index < -0.39 is 30.9 Å². The Morgan fingerprint density at radius 2 is 2.00 bits per heavy atom. The molecular formula is C7H12O6. The van der Waals surface area contributed by atoms with Gasteiger partial charge >= 0.3 is 5.97 Å². The van der Waals surface area contributed by atoms with Crippen molar-refractivity contribution in [2.24, 2.45) is 0 Å². The van der Waals surface area contributed by atoms with Crippen LogP contribution in [-0.4, -0.2) is 52.5 Å². The Morgan fingerprint density at radius 1 is 1.46 bits per heavy atom. The normalized spacial score (nSPS) is 17.2. The van der Waals surface area contributed by atoms with Gasteiger partial charge in [0.05, 0.1) is 0 Å². The first-order valence-electron chi connectivity index (χ1n) is 3.62. The second-order valence-electron chi connectivity index (χ2n) is 2.49. The number of carbonyl (C=O) groups is 2. The molecule has 6 heteroatoms. The van der Waals surface area contributed by atoms with Crippen molar-refractivity contribution in [2.45, 2.75) is 25.2 Å². The molecule has 0 aromatic rings. The van der Waals surface area contributed by atoms with Crippen molar-refractivity contribution >= 4 is 12.3 Å². The smallest absolute Gasteiger partial charge is 0.302 e. The molecule has 0 amide bonds. The molecule has 3 atom stereocenters. The fraction of sp³-hybridized carbons (Fsp3) is 0.714. The molecule has 6 nitrogen and oxygen atoms in total. The van der Waals surface area contributed by atoms with E-state index in [1.165, 1.54) is 0 Å². The lowest BCUT2D eigenvalue weighted by Crippen LogP contribution is -2.41. The summed E-state index contributed by atoms with van der Waals surface area (Å²) in [6.45, 7) is 0.677. The fourth-order valence-corrected chi connectivity index (χ4v) is 0.609. The first kappa shape index (κ1) is 12.0. The molecule has 76 valence electrons. The molecule has 13 heavy (non-hydrogen) atoms. The summed E-state index contributed by atoms with van der Waals surface area (Å²) in [5, 5.41) is 26.7. The standard InChI is InChI=1S/C7H12O6/c1-4(9)13-3-6(11)7(12)5(10)2-8/h2,5-7,10-12H,3H2,1H3/t5-,6-,7+/m1/s1. The number of aliphatic hydroxyl groups is 3. The van der Waals surface area contributed by atoms with Crippen molar-refractivity contribution in [3.63, 3.8) is 0 Å². The van der Waals surface area contributed by atoms with Crippen LogP contribution in [-0.2, 0) is 14.3 Å². The Bertz CT molecular complexity index is 180. The van der Waals surface area contributed by atoms with Crippen LogP contribution in [0.1, 0.15) is 6.92 Å². The zero-order chi connectivity index (χ0) is 10.4. The average Bonchev–Trinajstić information content (AvgIpc) is 2.11. The lowest BCUT2D eigenvalue weighted by atomic mass is 10.1. The maximum absolute atomic E-state index is 10.3. The molecule has 0 saturated heterocycles. The number of hydrogen-bond donors (Lipinski definition) is 3. The number of aldehydes is 1. The van der Waals surface area contributed by atoms with Crippen molar-refractivity contribution in [2.75, 3.05) is 6.61 Å². The molecule has 0 bridgehead atoms. The largest absolute Gasteiger partial charge is 0.463 e. The monoisotopic (exact) mass is 192 g/mol. The van der Waals surface area contributed by atoms with Gasteiger partial charge in [-0.1, -0.05) is 0 Å². The summed E-state index contributed by atoms with van der Waals surface area (Å²) in [6.07, 6.45) is -4.70. The minimum atomic E-state index is -1.68. The van der Waals surface area contributed by atoms with E-state index in [1.807, 2.05) is 0 Å². The highest BCUT2D eigenvalue weighted by Crippen LogP contribution is 1.99. The summed E-state index contributed by atoms with van der Waals surface area (Å²) < 4.78 is 4.34. The molecule has 0 saturated carbocycles. The third-order valence-electron chi connectivity index (χ3n) is 1.34. The second-order valence-corrected chi connectivity index (χ2v) is 2.49. The van der Waals surface area contributed by atoms with Crippen LogP contribution in [0.4, 0.5) is 0 Å². The van der Waals surface area contributed by atoms with Crippen LogP contribution in [0.2, 0.25) is 0 Å². The average molecular weight is 192 g/mol. The van der Waals surface area contributed by atoms with E-state index >= 15 is 0 Å². The fourth-order valence-electron chi connectivity index (χ4n) is 0.609. The van der Waals surface area contributed by atoms with Gasteiger partial charge in [0.2, 0.25) is 0 Å². The Hall–Kier alpha value is -0.980. The van der Waals surface area contributed by atoms with E-state index in [4.69, 9.17) is 15.3 Å². The number of rotatable bonds is 5. The highest BCUT2D eigenvalue weighted by molar-refractivity contribution is 5.65. The van der Waals surface area contributed by atoms with Crippen molar-refractivity contribution in [3.8, 4) is 0 Å². The van der Waals surface area contributed by atoms with Crippen LogP contribution >= 0.6 is 0 Å². The number of aliphatic hydroxyl groups excluding tert-OH is 3. The van der Waals surface area contributed by atoms with E-state index in [2.05, 4.69) is 4.74 Å². The molecule has 0 aromatic heterocycles. The molecule has 0 aliphatic heterocycles. The van der Waals surface area contributed by atoms with E-state index in [0.29, 0.717) is 0 Å². The van der Waals surface area contributed by atoms with Gasteiger partial charge in [0.1, 0.15) is 24.9 Å². The maximum atomic E-state index is 10.3. The Kier molecular flexibility index (Phi) is 5.20. The van der Waals surface area contributed by atoms with E-state index in [1.54, 1.807) is 0 Å². The zero-order valence-corrected chi connectivity index (χ0v) is 7.08. The van der Waals surface area contributed by atoms with Crippen molar-refractivity contribution in [1.82, 2.24) is 0 Å². The molecule has 0 aromatic carbocycles. The van der Waals surface area contributed by atoms with Gasteiger partial charge in [0.15, 0.2) is 6.29 Å². The number of carbonyl (C=O) groups excluding carboxylic acids is 2. The van der Waals surface area contributed by atoms with Gasteiger partial charge in [-0.3, -0.25) is 4.79 Å².